The van der Waals surface area contributed by atoms with Gasteiger partial charge in [0.05, 0.1) is 34.2 Å². The second kappa shape index (κ2) is 5.32. The van der Waals surface area contributed by atoms with Gasteiger partial charge in [0, 0.05) is 13.2 Å². The molecular weight excluding hydrogens is 268 g/mol. The van der Waals surface area contributed by atoms with Gasteiger partial charge in [-0.1, -0.05) is 12.1 Å². The minimum Gasteiger partial charge on any atom is -0.455 e. The Bertz CT molecular complexity index is 810. The number of rotatable bonds is 3. The number of benzene rings is 1. The topological polar surface area (TPSA) is 69.9 Å². The fourth-order valence-corrected chi connectivity index (χ4v) is 2.01. The summed E-state index contributed by atoms with van der Waals surface area (Å²) in [5, 5.41) is 3.94. The minimum absolute atomic E-state index is 0.0946. The Kier molecular flexibility index (Phi) is 3.35. The van der Waals surface area contributed by atoms with E-state index in [0.717, 1.165) is 16.7 Å². The third-order valence-electron chi connectivity index (χ3n) is 3.12. The zero-order valence-corrected chi connectivity index (χ0v) is 11.8. The summed E-state index contributed by atoms with van der Waals surface area (Å²) in [5.74, 6) is -0.419. The molecule has 3 aromatic rings. The molecule has 0 aliphatic rings. The third kappa shape index (κ3) is 2.74. The lowest BCUT2D eigenvalue weighted by molar-refractivity contribution is 0.0467. The summed E-state index contributed by atoms with van der Waals surface area (Å²) in [5.41, 5.74) is 3.45. The molecule has 6 nitrogen and oxygen atoms in total. The van der Waals surface area contributed by atoms with E-state index in [1.54, 1.807) is 17.9 Å². The van der Waals surface area contributed by atoms with Crippen LogP contribution in [-0.2, 0) is 18.4 Å². The summed E-state index contributed by atoms with van der Waals surface area (Å²) in [6.07, 6.45) is 3.09. The van der Waals surface area contributed by atoms with Crippen LogP contribution in [0.2, 0.25) is 0 Å². The predicted molar refractivity (Wildman–Crippen MR) is 76.6 cm³/mol. The number of aryl methyl sites for hydroxylation is 2. The average molecular weight is 282 g/mol. The van der Waals surface area contributed by atoms with E-state index in [-0.39, 0.29) is 6.61 Å². The van der Waals surface area contributed by atoms with Crippen molar-refractivity contribution in [2.24, 2.45) is 7.05 Å². The smallest absolute Gasteiger partial charge is 0.341 e. The predicted octanol–water partition coefficient (Wildman–Crippen LogP) is 2.03. The molecule has 6 heteroatoms. The van der Waals surface area contributed by atoms with Crippen molar-refractivity contribution in [2.75, 3.05) is 0 Å². The van der Waals surface area contributed by atoms with Gasteiger partial charge in [0.15, 0.2) is 0 Å². The van der Waals surface area contributed by atoms with Gasteiger partial charge in [-0.2, -0.15) is 5.10 Å². The Hall–Kier alpha value is -2.76. The van der Waals surface area contributed by atoms with Gasteiger partial charge in [0.25, 0.3) is 0 Å². The summed E-state index contributed by atoms with van der Waals surface area (Å²) in [4.78, 5) is 20.8. The molecule has 21 heavy (non-hydrogen) atoms. The first-order valence-corrected chi connectivity index (χ1v) is 6.51. The van der Waals surface area contributed by atoms with Crippen LogP contribution in [0.5, 0.6) is 0 Å². The Morgan fingerprint density at radius 2 is 1.95 bits per heavy atom. The lowest BCUT2D eigenvalue weighted by Gasteiger charge is -2.07. The number of carbonyl (C=O) groups is 1. The fourth-order valence-electron chi connectivity index (χ4n) is 2.01. The highest BCUT2D eigenvalue weighted by Gasteiger charge is 2.12. The number of fused-ring (bicyclic) bond motifs is 1. The molecule has 2 aromatic heterocycles. The quantitative estimate of drug-likeness (QED) is 0.687. The van der Waals surface area contributed by atoms with Crippen molar-refractivity contribution in [3.63, 3.8) is 0 Å². The molecule has 1 aromatic carbocycles. The highest BCUT2D eigenvalue weighted by Crippen LogP contribution is 2.13. The summed E-state index contributed by atoms with van der Waals surface area (Å²) in [7, 11) is 1.75. The van der Waals surface area contributed by atoms with Gasteiger partial charge < -0.3 is 4.74 Å². The monoisotopic (exact) mass is 282 g/mol. The van der Waals surface area contributed by atoms with E-state index in [0.29, 0.717) is 11.3 Å². The van der Waals surface area contributed by atoms with Crippen LogP contribution >= 0.6 is 0 Å². The average Bonchev–Trinajstić information content (AvgIpc) is 2.91. The highest BCUT2D eigenvalue weighted by molar-refractivity contribution is 5.88. The zero-order valence-electron chi connectivity index (χ0n) is 11.8. The van der Waals surface area contributed by atoms with Crippen LogP contribution in [0.15, 0.2) is 36.7 Å². The SMILES string of the molecule is Cc1nc2ccccc2nc1COC(=O)c1cnn(C)c1. The Balaban J connectivity index is 1.78. The maximum Gasteiger partial charge on any atom is 0.341 e. The van der Waals surface area contributed by atoms with Gasteiger partial charge in [-0.3, -0.25) is 4.68 Å². The molecule has 0 saturated carbocycles. The summed E-state index contributed by atoms with van der Waals surface area (Å²) in [6, 6.07) is 7.60. The van der Waals surface area contributed by atoms with Gasteiger partial charge in [-0.15, -0.1) is 0 Å². The lowest BCUT2D eigenvalue weighted by Crippen LogP contribution is -2.07. The second-order valence-corrected chi connectivity index (χ2v) is 4.72. The maximum atomic E-state index is 11.9. The molecule has 0 fully saturated rings. The van der Waals surface area contributed by atoms with E-state index in [1.807, 2.05) is 31.2 Å². The number of esters is 1. The van der Waals surface area contributed by atoms with Crippen LogP contribution in [0.4, 0.5) is 0 Å². The third-order valence-corrected chi connectivity index (χ3v) is 3.12. The van der Waals surface area contributed by atoms with E-state index in [9.17, 15) is 4.79 Å². The van der Waals surface area contributed by atoms with E-state index in [4.69, 9.17) is 4.74 Å². The maximum absolute atomic E-state index is 11.9. The first-order chi connectivity index (χ1) is 10.1. The molecule has 0 N–H and O–H groups in total. The molecule has 0 bridgehead atoms. The lowest BCUT2D eigenvalue weighted by atomic mass is 10.2. The molecule has 0 aliphatic heterocycles. The van der Waals surface area contributed by atoms with Crippen LogP contribution in [0, 0.1) is 6.92 Å². The molecule has 0 saturated heterocycles. The van der Waals surface area contributed by atoms with Gasteiger partial charge >= 0.3 is 5.97 Å². The number of hydrogen-bond donors (Lipinski definition) is 0. The Labute approximate surface area is 121 Å². The molecule has 0 spiro atoms. The van der Waals surface area contributed by atoms with Crippen molar-refractivity contribution in [1.82, 2.24) is 19.7 Å². The molecule has 0 amide bonds. The molecule has 0 aliphatic carbocycles. The standard InChI is InChI=1S/C15H14N4O2/c1-10-14(18-13-6-4-3-5-12(13)17-10)9-21-15(20)11-7-16-19(2)8-11/h3-8H,9H2,1-2H3. The Morgan fingerprint density at radius 1 is 1.24 bits per heavy atom. The van der Waals surface area contributed by atoms with Crippen molar-refractivity contribution in [1.29, 1.82) is 0 Å². The molecule has 0 atom stereocenters. The van der Waals surface area contributed by atoms with Crippen LogP contribution in [0.25, 0.3) is 11.0 Å². The van der Waals surface area contributed by atoms with Crippen LogP contribution in [-0.4, -0.2) is 25.7 Å². The van der Waals surface area contributed by atoms with Crippen molar-refractivity contribution in [3.05, 3.63) is 53.6 Å². The number of ether oxygens (including phenoxy) is 1. The van der Waals surface area contributed by atoms with E-state index in [2.05, 4.69) is 15.1 Å². The normalized spacial score (nSPS) is 10.8. The van der Waals surface area contributed by atoms with Crippen molar-refractivity contribution < 1.29 is 9.53 Å². The van der Waals surface area contributed by atoms with Gasteiger partial charge in [-0.05, 0) is 19.1 Å². The summed E-state index contributed by atoms with van der Waals surface area (Å²) >= 11 is 0. The highest BCUT2D eigenvalue weighted by atomic mass is 16.5. The van der Waals surface area contributed by atoms with E-state index >= 15 is 0 Å². The van der Waals surface area contributed by atoms with Crippen LogP contribution in [0.1, 0.15) is 21.7 Å². The molecule has 0 radical (unpaired) electrons. The summed E-state index contributed by atoms with van der Waals surface area (Å²) in [6.45, 7) is 1.95. The second-order valence-electron chi connectivity index (χ2n) is 4.72. The first kappa shape index (κ1) is 13.2. The first-order valence-electron chi connectivity index (χ1n) is 6.51. The fraction of sp³-hybridized carbons (Fsp3) is 0.200. The van der Waals surface area contributed by atoms with Crippen molar-refractivity contribution in [2.45, 2.75) is 13.5 Å². The van der Waals surface area contributed by atoms with Gasteiger partial charge in [-0.25, -0.2) is 14.8 Å². The van der Waals surface area contributed by atoms with E-state index in [1.165, 1.54) is 6.20 Å². The largest absolute Gasteiger partial charge is 0.455 e. The molecule has 2 heterocycles. The van der Waals surface area contributed by atoms with Crippen molar-refractivity contribution in [3.8, 4) is 0 Å². The molecule has 0 unspecified atom stereocenters. The van der Waals surface area contributed by atoms with E-state index < -0.39 is 5.97 Å². The zero-order chi connectivity index (χ0) is 14.8. The van der Waals surface area contributed by atoms with Gasteiger partial charge in [0.1, 0.15) is 6.61 Å². The minimum atomic E-state index is -0.419. The molecule has 3 rings (SSSR count). The van der Waals surface area contributed by atoms with Crippen molar-refractivity contribution >= 4 is 17.0 Å². The Morgan fingerprint density at radius 3 is 2.62 bits per heavy atom. The van der Waals surface area contributed by atoms with Crippen LogP contribution < -0.4 is 0 Å². The number of nitrogens with zero attached hydrogens (tertiary/aromatic N) is 4. The molecular formula is C15H14N4O2. The van der Waals surface area contributed by atoms with Crippen LogP contribution in [0.3, 0.4) is 0 Å². The van der Waals surface area contributed by atoms with Gasteiger partial charge in [0.2, 0.25) is 0 Å². The number of para-hydroxylation sites is 2. The molecule has 106 valence electrons. The number of carbonyl (C=O) groups excluding carboxylic acids is 1. The number of aromatic nitrogens is 4. The summed E-state index contributed by atoms with van der Waals surface area (Å²) < 4.78 is 6.82. The number of hydrogen-bond acceptors (Lipinski definition) is 5.